The predicted molar refractivity (Wildman–Crippen MR) is 68.0 cm³/mol. The molecule has 0 unspecified atom stereocenters. The highest BCUT2D eigenvalue weighted by Crippen LogP contribution is 2.10. The van der Waals surface area contributed by atoms with E-state index < -0.39 is 6.04 Å². The Labute approximate surface area is 109 Å². The van der Waals surface area contributed by atoms with Crippen molar-refractivity contribution >= 4 is 5.91 Å². The highest BCUT2D eigenvalue weighted by Gasteiger charge is 2.14. The van der Waals surface area contributed by atoms with Crippen molar-refractivity contribution in [1.82, 2.24) is 20.5 Å². The van der Waals surface area contributed by atoms with Crippen LogP contribution in [-0.4, -0.2) is 32.2 Å². The number of aromatic hydroxyl groups is 1. The number of aromatic nitrogens is 3. The number of rotatable bonds is 5. The van der Waals surface area contributed by atoms with E-state index >= 15 is 0 Å². The fourth-order valence-corrected chi connectivity index (χ4v) is 1.60. The van der Waals surface area contributed by atoms with Gasteiger partial charge in [0.2, 0.25) is 5.91 Å². The van der Waals surface area contributed by atoms with Gasteiger partial charge in [-0.25, -0.2) is 4.98 Å². The van der Waals surface area contributed by atoms with E-state index in [0.29, 0.717) is 12.2 Å². The van der Waals surface area contributed by atoms with Crippen LogP contribution >= 0.6 is 0 Å². The molecule has 0 fully saturated rings. The molecule has 0 aliphatic carbocycles. The Morgan fingerprint density at radius 3 is 2.79 bits per heavy atom. The summed E-state index contributed by atoms with van der Waals surface area (Å²) in [6.07, 6.45) is 1.78. The van der Waals surface area contributed by atoms with Crippen LogP contribution in [0.25, 0.3) is 0 Å². The molecule has 5 N–H and O–H groups in total. The van der Waals surface area contributed by atoms with Crippen LogP contribution in [0.4, 0.5) is 0 Å². The second-order valence-corrected chi connectivity index (χ2v) is 4.13. The van der Waals surface area contributed by atoms with E-state index in [1.165, 1.54) is 6.33 Å². The molecule has 0 spiro atoms. The van der Waals surface area contributed by atoms with Gasteiger partial charge in [-0.2, -0.15) is 5.10 Å². The van der Waals surface area contributed by atoms with Crippen LogP contribution in [0.2, 0.25) is 0 Å². The topological polar surface area (TPSA) is 117 Å². The molecule has 2 rings (SSSR count). The van der Waals surface area contributed by atoms with Crippen molar-refractivity contribution in [3.8, 4) is 5.75 Å². The quantitative estimate of drug-likeness (QED) is 0.589. The third-order valence-electron chi connectivity index (χ3n) is 2.62. The molecule has 1 aromatic carbocycles. The molecule has 100 valence electrons. The molecule has 0 aliphatic heterocycles. The number of nitrogens with zero attached hydrogens (tertiary/aromatic N) is 2. The average Bonchev–Trinajstić information content (AvgIpc) is 2.91. The molecule has 1 atom stereocenters. The zero-order valence-corrected chi connectivity index (χ0v) is 10.2. The fourth-order valence-electron chi connectivity index (χ4n) is 1.60. The Hall–Kier alpha value is -2.41. The summed E-state index contributed by atoms with van der Waals surface area (Å²) < 4.78 is 0. The molecular weight excluding hydrogens is 246 g/mol. The second-order valence-electron chi connectivity index (χ2n) is 4.13. The third-order valence-corrected chi connectivity index (χ3v) is 2.62. The SMILES string of the molecule is N[C@@H](Cc1ccc(O)cc1)C(=O)NCc1ncn[nH]1. The first-order valence-electron chi connectivity index (χ1n) is 5.80. The van der Waals surface area contributed by atoms with Crippen LogP contribution in [0.5, 0.6) is 5.75 Å². The predicted octanol–water partition coefficient (Wildman–Crippen LogP) is -0.304. The molecule has 0 saturated carbocycles. The molecule has 0 saturated heterocycles. The van der Waals surface area contributed by atoms with Gasteiger partial charge in [0.25, 0.3) is 0 Å². The van der Waals surface area contributed by atoms with Crippen LogP contribution in [0.15, 0.2) is 30.6 Å². The number of aromatic amines is 1. The van der Waals surface area contributed by atoms with Gasteiger partial charge in [-0.15, -0.1) is 0 Å². The number of carbonyl (C=O) groups excluding carboxylic acids is 1. The van der Waals surface area contributed by atoms with E-state index in [9.17, 15) is 4.79 Å². The maximum Gasteiger partial charge on any atom is 0.237 e. The summed E-state index contributed by atoms with van der Waals surface area (Å²) >= 11 is 0. The summed E-state index contributed by atoms with van der Waals surface area (Å²) in [5.74, 6) is 0.502. The molecule has 1 amide bonds. The van der Waals surface area contributed by atoms with Gasteiger partial charge in [0, 0.05) is 0 Å². The molecule has 1 heterocycles. The highest BCUT2D eigenvalue weighted by atomic mass is 16.3. The summed E-state index contributed by atoms with van der Waals surface area (Å²) in [4.78, 5) is 15.7. The van der Waals surface area contributed by atoms with Crippen LogP contribution in [0, 0.1) is 0 Å². The molecule has 7 heteroatoms. The largest absolute Gasteiger partial charge is 0.508 e. The molecule has 19 heavy (non-hydrogen) atoms. The molecule has 2 aromatic rings. The van der Waals surface area contributed by atoms with Crippen molar-refractivity contribution in [3.63, 3.8) is 0 Å². The van der Waals surface area contributed by atoms with Crippen LogP contribution in [0.3, 0.4) is 0 Å². The van der Waals surface area contributed by atoms with Gasteiger partial charge in [0.1, 0.15) is 17.9 Å². The molecule has 1 aromatic heterocycles. The lowest BCUT2D eigenvalue weighted by Crippen LogP contribution is -2.41. The maximum absolute atomic E-state index is 11.8. The third kappa shape index (κ3) is 3.78. The van der Waals surface area contributed by atoms with E-state index in [-0.39, 0.29) is 18.2 Å². The Kier molecular flexibility index (Phi) is 4.09. The van der Waals surface area contributed by atoms with Crippen molar-refractivity contribution in [2.24, 2.45) is 5.73 Å². The molecule has 7 nitrogen and oxygen atoms in total. The summed E-state index contributed by atoms with van der Waals surface area (Å²) in [6.45, 7) is 0.266. The Morgan fingerprint density at radius 2 is 2.16 bits per heavy atom. The lowest BCUT2D eigenvalue weighted by atomic mass is 10.1. The average molecular weight is 261 g/mol. The van der Waals surface area contributed by atoms with Crippen LogP contribution in [0.1, 0.15) is 11.4 Å². The Balaban J connectivity index is 1.83. The van der Waals surface area contributed by atoms with Crippen molar-refractivity contribution in [3.05, 3.63) is 42.0 Å². The first kappa shape index (κ1) is 13.0. The van der Waals surface area contributed by atoms with Gasteiger partial charge in [-0.3, -0.25) is 9.89 Å². The van der Waals surface area contributed by atoms with Gasteiger partial charge in [0.15, 0.2) is 0 Å². The van der Waals surface area contributed by atoms with Crippen molar-refractivity contribution < 1.29 is 9.90 Å². The number of hydrogen-bond donors (Lipinski definition) is 4. The number of hydrogen-bond acceptors (Lipinski definition) is 5. The summed E-state index contributed by atoms with van der Waals surface area (Å²) in [5, 5.41) is 18.2. The monoisotopic (exact) mass is 261 g/mol. The van der Waals surface area contributed by atoms with Gasteiger partial charge >= 0.3 is 0 Å². The van der Waals surface area contributed by atoms with Gasteiger partial charge < -0.3 is 16.2 Å². The summed E-state index contributed by atoms with van der Waals surface area (Å²) in [7, 11) is 0. The zero-order chi connectivity index (χ0) is 13.7. The number of nitrogens with one attached hydrogen (secondary N) is 2. The maximum atomic E-state index is 11.8. The minimum Gasteiger partial charge on any atom is -0.508 e. The minimum absolute atomic E-state index is 0.187. The Bertz CT molecular complexity index is 524. The number of carbonyl (C=O) groups is 1. The van der Waals surface area contributed by atoms with E-state index in [2.05, 4.69) is 20.5 Å². The lowest BCUT2D eigenvalue weighted by molar-refractivity contribution is -0.122. The van der Waals surface area contributed by atoms with Crippen molar-refractivity contribution in [1.29, 1.82) is 0 Å². The van der Waals surface area contributed by atoms with Crippen LogP contribution < -0.4 is 11.1 Å². The number of phenolic OH excluding ortho intramolecular Hbond substituents is 1. The minimum atomic E-state index is -0.646. The van der Waals surface area contributed by atoms with E-state index in [1.807, 2.05) is 0 Å². The number of phenols is 1. The standard InChI is InChI=1S/C12H15N5O2/c13-10(5-8-1-3-9(18)4-2-8)12(19)14-6-11-15-7-16-17-11/h1-4,7,10,18H,5-6,13H2,(H,14,19)(H,15,16,17)/t10-/m0/s1. The molecule has 0 aliphatic rings. The van der Waals surface area contributed by atoms with Gasteiger partial charge in [-0.1, -0.05) is 12.1 Å². The summed E-state index contributed by atoms with van der Waals surface area (Å²) in [5.41, 5.74) is 6.69. The smallest absolute Gasteiger partial charge is 0.237 e. The normalized spacial score (nSPS) is 12.1. The second kappa shape index (κ2) is 5.96. The highest BCUT2D eigenvalue weighted by molar-refractivity contribution is 5.81. The van der Waals surface area contributed by atoms with Gasteiger partial charge in [-0.05, 0) is 24.1 Å². The fraction of sp³-hybridized carbons (Fsp3) is 0.250. The lowest BCUT2D eigenvalue weighted by Gasteiger charge is -2.11. The number of benzene rings is 1. The van der Waals surface area contributed by atoms with E-state index in [4.69, 9.17) is 10.8 Å². The number of amides is 1. The molecule has 0 radical (unpaired) electrons. The van der Waals surface area contributed by atoms with Gasteiger partial charge in [0.05, 0.1) is 12.6 Å². The van der Waals surface area contributed by atoms with Crippen molar-refractivity contribution in [2.45, 2.75) is 19.0 Å². The van der Waals surface area contributed by atoms with E-state index in [1.54, 1.807) is 24.3 Å². The first-order valence-corrected chi connectivity index (χ1v) is 5.80. The molecular formula is C12H15N5O2. The first-order chi connectivity index (χ1) is 9.15. The Morgan fingerprint density at radius 1 is 1.42 bits per heavy atom. The number of H-pyrrole nitrogens is 1. The summed E-state index contributed by atoms with van der Waals surface area (Å²) in [6, 6.07) is 5.95. The molecule has 0 bridgehead atoms. The van der Waals surface area contributed by atoms with Crippen molar-refractivity contribution in [2.75, 3.05) is 0 Å². The zero-order valence-electron chi connectivity index (χ0n) is 10.2. The number of nitrogens with two attached hydrogens (primary N) is 1. The van der Waals surface area contributed by atoms with Crippen LogP contribution in [-0.2, 0) is 17.8 Å². The van der Waals surface area contributed by atoms with E-state index in [0.717, 1.165) is 5.56 Å².